The lowest BCUT2D eigenvalue weighted by Crippen LogP contribution is -2.30. The Balaban J connectivity index is 1.95. The summed E-state index contributed by atoms with van der Waals surface area (Å²) < 4.78 is 4.97. The van der Waals surface area contributed by atoms with Crippen molar-refractivity contribution in [3.05, 3.63) is 50.5 Å². The van der Waals surface area contributed by atoms with E-state index in [0.29, 0.717) is 16.4 Å². The molecule has 2 heterocycles. The summed E-state index contributed by atoms with van der Waals surface area (Å²) in [6.07, 6.45) is 0.264. The maximum Gasteiger partial charge on any atom is 0.349 e. The van der Waals surface area contributed by atoms with Crippen LogP contribution in [0.15, 0.2) is 30.5 Å². The van der Waals surface area contributed by atoms with Gasteiger partial charge in [0.1, 0.15) is 10.7 Å². The molecule has 0 saturated heterocycles. The van der Waals surface area contributed by atoms with E-state index in [2.05, 4.69) is 10.3 Å². The van der Waals surface area contributed by atoms with Gasteiger partial charge in [-0.3, -0.25) is 14.9 Å². The number of pyridine rings is 1. The van der Waals surface area contributed by atoms with E-state index in [9.17, 15) is 19.7 Å². The number of nitrogens with one attached hydrogen (secondary N) is 1. The van der Waals surface area contributed by atoms with Crippen LogP contribution in [0.5, 0.6) is 0 Å². The van der Waals surface area contributed by atoms with Crippen LogP contribution in [-0.4, -0.2) is 27.9 Å². The average Bonchev–Trinajstić information content (AvgIpc) is 2.99. The minimum Gasteiger partial charge on any atom is -0.448 e. The Morgan fingerprint density at radius 2 is 2.13 bits per heavy atom. The van der Waals surface area contributed by atoms with E-state index in [1.54, 1.807) is 6.07 Å². The molecule has 2 rings (SSSR count). The van der Waals surface area contributed by atoms with Crippen LogP contribution in [0.3, 0.4) is 0 Å². The van der Waals surface area contributed by atoms with Gasteiger partial charge in [0.25, 0.3) is 5.91 Å². The van der Waals surface area contributed by atoms with Gasteiger partial charge in [-0.25, -0.2) is 9.78 Å². The molecule has 0 bridgehead atoms. The van der Waals surface area contributed by atoms with Gasteiger partial charge in [-0.2, -0.15) is 0 Å². The summed E-state index contributed by atoms with van der Waals surface area (Å²) in [5, 5.41) is 13.3. The topological polar surface area (TPSA) is 111 Å². The number of esters is 1. The van der Waals surface area contributed by atoms with Crippen molar-refractivity contribution in [2.45, 2.75) is 13.0 Å². The van der Waals surface area contributed by atoms with Gasteiger partial charge in [0.2, 0.25) is 0 Å². The van der Waals surface area contributed by atoms with E-state index in [1.165, 1.54) is 31.3 Å². The first-order chi connectivity index (χ1) is 10.9. The molecule has 0 aliphatic heterocycles. The summed E-state index contributed by atoms with van der Waals surface area (Å²) in [6.45, 7) is 1.38. The molecule has 0 fully saturated rings. The van der Waals surface area contributed by atoms with Crippen LogP contribution in [0.4, 0.5) is 10.8 Å². The molecule has 8 nitrogen and oxygen atoms in total. The van der Waals surface area contributed by atoms with Gasteiger partial charge in [0, 0.05) is 12.3 Å². The van der Waals surface area contributed by atoms with Crippen LogP contribution < -0.4 is 5.32 Å². The summed E-state index contributed by atoms with van der Waals surface area (Å²) in [7, 11) is 0. The second-order valence-corrected chi connectivity index (χ2v) is 5.79. The summed E-state index contributed by atoms with van der Waals surface area (Å²) in [6, 6.07) is 5.52. The zero-order valence-corrected chi connectivity index (χ0v) is 13.3. The largest absolute Gasteiger partial charge is 0.448 e. The Kier molecular flexibility index (Phi) is 5.24. The number of ether oxygens (including phenoxy) is 1. The molecule has 1 atom stereocenters. The van der Waals surface area contributed by atoms with Gasteiger partial charge in [0.05, 0.1) is 9.95 Å². The van der Waals surface area contributed by atoms with Crippen molar-refractivity contribution in [3.63, 3.8) is 0 Å². The number of hydrogen-bond donors (Lipinski definition) is 1. The van der Waals surface area contributed by atoms with Gasteiger partial charge < -0.3 is 10.1 Å². The number of anilines is 1. The van der Waals surface area contributed by atoms with Gasteiger partial charge in [-0.1, -0.05) is 22.9 Å². The standard InChI is InChI=1S/C13H10ClN3O5S/c1-7(12(18)16-10-4-2-8(14)6-15-10)22-13(19)9-3-5-11(23-9)17(20)21/h2-7H,1H3,(H,15,16,18)/t7-/m1/s1. The molecular weight excluding hydrogens is 346 g/mol. The highest BCUT2D eigenvalue weighted by Gasteiger charge is 2.22. The molecular formula is C13H10ClN3O5S. The third kappa shape index (κ3) is 4.47. The summed E-state index contributed by atoms with van der Waals surface area (Å²) in [5.74, 6) is -1.14. The highest BCUT2D eigenvalue weighted by molar-refractivity contribution is 7.17. The lowest BCUT2D eigenvalue weighted by Gasteiger charge is -2.12. The van der Waals surface area contributed by atoms with Crippen molar-refractivity contribution in [2.75, 3.05) is 5.32 Å². The Morgan fingerprint density at radius 3 is 2.70 bits per heavy atom. The third-order valence-corrected chi connectivity index (χ3v) is 3.85. The van der Waals surface area contributed by atoms with E-state index in [0.717, 1.165) is 0 Å². The van der Waals surface area contributed by atoms with Crippen LogP contribution in [0.25, 0.3) is 0 Å². The number of nitro groups is 1. The molecule has 0 unspecified atom stereocenters. The number of halogens is 1. The smallest absolute Gasteiger partial charge is 0.349 e. The first-order valence-corrected chi connectivity index (χ1v) is 7.44. The van der Waals surface area contributed by atoms with Gasteiger partial charge in [-0.15, -0.1) is 0 Å². The first kappa shape index (κ1) is 16.8. The van der Waals surface area contributed by atoms with Crippen molar-refractivity contribution in [3.8, 4) is 0 Å². The molecule has 1 N–H and O–H groups in total. The molecule has 0 aromatic carbocycles. The fourth-order valence-electron chi connectivity index (χ4n) is 1.49. The lowest BCUT2D eigenvalue weighted by molar-refractivity contribution is -0.380. The Morgan fingerprint density at radius 1 is 1.39 bits per heavy atom. The second kappa shape index (κ2) is 7.16. The van der Waals surface area contributed by atoms with Gasteiger partial charge >= 0.3 is 11.0 Å². The van der Waals surface area contributed by atoms with Crippen LogP contribution in [-0.2, 0) is 9.53 Å². The van der Waals surface area contributed by atoms with Crippen LogP contribution in [0, 0.1) is 10.1 Å². The van der Waals surface area contributed by atoms with E-state index < -0.39 is 22.9 Å². The molecule has 0 radical (unpaired) electrons. The zero-order valence-electron chi connectivity index (χ0n) is 11.7. The van der Waals surface area contributed by atoms with Crippen LogP contribution in [0.2, 0.25) is 5.02 Å². The average molecular weight is 356 g/mol. The van der Waals surface area contributed by atoms with Crippen molar-refractivity contribution >= 4 is 45.6 Å². The molecule has 10 heteroatoms. The second-order valence-electron chi connectivity index (χ2n) is 4.29. The predicted octanol–water partition coefficient (Wildman–Crippen LogP) is 2.89. The molecule has 2 aromatic rings. The van der Waals surface area contributed by atoms with E-state index in [-0.39, 0.29) is 15.7 Å². The number of aromatic nitrogens is 1. The number of carbonyl (C=O) groups excluding carboxylic acids is 2. The highest BCUT2D eigenvalue weighted by Crippen LogP contribution is 2.24. The number of amides is 1. The zero-order chi connectivity index (χ0) is 17.0. The van der Waals surface area contributed by atoms with Crippen LogP contribution in [0.1, 0.15) is 16.6 Å². The van der Waals surface area contributed by atoms with Crippen molar-refractivity contribution in [2.24, 2.45) is 0 Å². The van der Waals surface area contributed by atoms with Gasteiger partial charge in [0.15, 0.2) is 6.10 Å². The van der Waals surface area contributed by atoms with Gasteiger partial charge in [-0.05, 0) is 25.1 Å². The fraction of sp³-hybridized carbons (Fsp3) is 0.154. The number of thiophene rings is 1. The van der Waals surface area contributed by atoms with E-state index >= 15 is 0 Å². The molecule has 0 aliphatic carbocycles. The van der Waals surface area contributed by atoms with E-state index in [4.69, 9.17) is 16.3 Å². The number of nitrogens with zero attached hydrogens (tertiary/aromatic N) is 2. The number of carbonyl (C=O) groups is 2. The molecule has 0 saturated carbocycles. The molecule has 2 aromatic heterocycles. The summed E-state index contributed by atoms with van der Waals surface area (Å²) >= 11 is 6.36. The minimum absolute atomic E-state index is 0.0426. The van der Waals surface area contributed by atoms with Crippen molar-refractivity contribution < 1.29 is 19.2 Å². The summed E-state index contributed by atoms with van der Waals surface area (Å²) in [4.78, 5) is 37.7. The maximum atomic E-state index is 11.9. The Labute approximate surface area is 139 Å². The molecule has 120 valence electrons. The SMILES string of the molecule is C[C@@H](OC(=O)c1ccc([N+](=O)[O-])s1)C(=O)Nc1ccc(Cl)cn1. The van der Waals surface area contributed by atoms with Crippen molar-refractivity contribution in [1.82, 2.24) is 4.98 Å². The minimum atomic E-state index is -1.10. The van der Waals surface area contributed by atoms with Crippen LogP contribution >= 0.6 is 22.9 Å². The normalized spacial score (nSPS) is 11.6. The molecule has 23 heavy (non-hydrogen) atoms. The van der Waals surface area contributed by atoms with E-state index in [1.807, 2.05) is 0 Å². The fourth-order valence-corrected chi connectivity index (χ4v) is 2.30. The molecule has 1 amide bonds. The highest BCUT2D eigenvalue weighted by atomic mass is 35.5. The Hall–Kier alpha value is -2.52. The molecule has 0 aliphatic rings. The predicted molar refractivity (Wildman–Crippen MR) is 83.7 cm³/mol. The number of rotatable bonds is 5. The quantitative estimate of drug-likeness (QED) is 0.501. The number of hydrogen-bond acceptors (Lipinski definition) is 7. The molecule has 0 spiro atoms. The Bertz CT molecular complexity index is 746. The first-order valence-electron chi connectivity index (χ1n) is 6.24. The lowest BCUT2D eigenvalue weighted by atomic mass is 10.3. The monoisotopic (exact) mass is 355 g/mol. The third-order valence-electron chi connectivity index (χ3n) is 2.60. The maximum absolute atomic E-state index is 11.9. The summed E-state index contributed by atoms with van der Waals surface area (Å²) in [5.41, 5.74) is 0. The van der Waals surface area contributed by atoms with Crippen molar-refractivity contribution in [1.29, 1.82) is 0 Å².